The maximum absolute atomic E-state index is 13.4. The minimum atomic E-state index is -0.404. The minimum Gasteiger partial charge on any atom is -0.490 e. The number of amides is 1. The zero-order valence-electron chi connectivity index (χ0n) is 17.1. The summed E-state index contributed by atoms with van der Waals surface area (Å²) >= 11 is 0. The third kappa shape index (κ3) is 3.80. The monoisotopic (exact) mass is 377 g/mol. The van der Waals surface area contributed by atoms with Gasteiger partial charge >= 0.3 is 0 Å². The number of ether oxygens (including phenoxy) is 1. The molecule has 2 aliphatic carbocycles. The molecule has 0 saturated heterocycles. The number of anilines is 1. The van der Waals surface area contributed by atoms with Gasteiger partial charge in [-0.25, -0.2) is 0 Å². The van der Waals surface area contributed by atoms with Crippen LogP contribution in [0.5, 0.6) is 5.75 Å². The van der Waals surface area contributed by atoms with E-state index in [-0.39, 0.29) is 5.91 Å². The Hall–Kier alpha value is -2.29. The van der Waals surface area contributed by atoms with Crippen molar-refractivity contribution >= 4 is 11.6 Å². The van der Waals surface area contributed by atoms with E-state index in [1.54, 1.807) is 0 Å². The molecule has 0 spiro atoms. The highest BCUT2D eigenvalue weighted by Gasteiger charge is 2.42. The Kier molecular flexibility index (Phi) is 5.43. The Labute approximate surface area is 168 Å². The number of carbonyl (C=O) groups excluding carboxylic acids is 1. The van der Waals surface area contributed by atoms with Crippen molar-refractivity contribution in [3.8, 4) is 5.75 Å². The smallest absolute Gasteiger partial charge is 0.235 e. The van der Waals surface area contributed by atoms with E-state index in [4.69, 9.17) is 4.74 Å². The fourth-order valence-corrected chi connectivity index (χ4v) is 4.86. The molecule has 3 heteroatoms. The molecule has 2 aromatic carbocycles. The van der Waals surface area contributed by atoms with Crippen LogP contribution in [0.25, 0.3) is 0 Å². The Morgan fingerprint density at radius 2 is 1.75 bits per heavy atom. The van der Waals surface area contributed by atoms with E-state index < -0.39 is 5.41 Å². The van der Waals surface area contributed by atoms with E-state index in [0.29, 0.717) is 6.10 Å². The van der Waals surface area contributed by atoms with Crippen LogP contribution >= 0.6 is 0 Å². The molecule has 4 rings (SSSR count). The van der Waals surface area contributed by atoms with E-state index >= 15 is 0 Å². The lowest BCUT2D eigenvalue weighted by Crippen LogP contribution is -2.38. The van der Waals surface area contributed by atoms with E-state index in [0.717, 1.165) is 61.1 Å². The maximum Gasteiger partial charge on any atom is 0.235 e. The molecule has 0 aliphatic heterocycles. The number of benzene rings is 2. The van der Waals surface area contributed by atoms with E-state index in [2.05, 4.69) is 43.4 Å². The zero-order chi connectivity index (χ0) is 19.6. The third-order valence-corrected chi connectivity index (χ3v) is 6.49. The van der Waals surface area contributed by atoms with Crippen LogP contribution in [-0.2, 0) is 10.2 Å². The van der Waals surface area contributed by atoms with Crippen LogP contribution in [0.1, 0.15) is 68.1 Å². The van der Waals surface area contributed by atoms with Gasteiger partial charge in [0.15, 0.2) is 0 Å². The molecule has 2 aliphatic rings. The summed E-state index contributed by atoms with van der Waals surface area (Å²) < 4.78 is 6.16. The van der Waals surface area contributed by atoms with Crippen molar-refractivity contribution in [1.29, 1.82) is 0 Å². The largest absolute Gasteiger partial charge is 0.490 e. The number of hydrogen-bond donors (Lipinski definition) is 1. The van der Waals surface area contributed by atoms with Gasteiger partial charge in [-0.15, -0.1) is 0 Å². The fraction of sp³-hybridized carbons (Fsp3) is 0.480. The van der Waals surface area contributed by atoms with Gasteiger partial charge in [-0.1, -0.05) is 42.7 Å². The normalized spacial score (nSPS) is 18.9. The van der Waals surface area contributed by atoms with Crippen LogP contribution in [0.15, 0.2) is 42.5 Å². The molecule has 0 bridgehead atoms. The summed E-state index contributed by atoms with van der Waals surface area (Å²) in [7, 11) is 0. The first-order valence-corrected chi connectivity index (χ1v) is 10.7. The number of rotatable bonds is 5. The van der Waals surface area contributed by atoms with Gasteiger partial charge in [-0.3, -0.25) is 4.79 Å². The Balaban J connectivity index is 1.52. The molecule has 0 atom stereocenters. The molecule has 2 aromatic rings. The van der Waals surface area contributed by atoms with Crippen LogP contribution < -0.4 is 10.1 Å². The Bertz CT molecular complexity index is 845. The summed E-state index contributed by atoms with van der Waals surface area (Å²) in [6.45, 7) is 4.16. The van der Waals surface area contributed by atoms with Crippen molar-refractivity contribution < 1.29 is 9.53 Å². The summed E-state index contributed by atoms with van der Waals surface area (Å²) in [5.41, 5.74) is 3.90. The van der Waals surface area contributed by atoms with Gasteiger partial charge in [0, 0.05) is 5.69 Å². The number of aryl methyl sites for hydroxylation is 2. The molecule has 0 radical (unpaired) electrons. The molecule has 0 heterocycles. The van der Waals surface area contributed by atoms with Crippen molar-refractivity contribution in [1.82, 2.24) is 0 Å². The first-order valence-electron chi connectivity index (χ1n) is 10.7. The molecule has 1 N–H and O–H groups in total. The fourth-order valence-electron chi connectivity index (χ4n) is 4.86. The standard InChI is InChI=1S/C25H31NO2/c1-18-8-7-9-20(16-18)25(14-5-6-15-25)24(27)26-21-12-13-23(19(2)17-21)28-22-10-3-4-11-22/h7-9,12-13,16-17,22H,3-6,10-11,14-15H2,1-2H3,(H,26,27). The lowest BCUT2D eigenvalue weighted by atomic mass is 9.77. The molecule has 3 nitrogen and oxygen atoms in total. The van der Waals surface area contributed by atoms with Crippen LogP contribution in [0.2, 0.25) is 0 Å². The lowest BCUT2D eigenvalue weighted by molar-refractivity contribution is -0.121. The van der Waals surface area contributed by atoms with Gasteiger partial charge in [0.25, 0.3) is 0 Å². The maximum atomic E-state index is 13.4. The van der Waals surface area contributed by atoms with Crippen molar-refractivity contribution in [3.05, 3.63) is 59.2 Å². The quantitative estimate of drug-likeness (QED) is 0.686. The zero-order valence-corrected chi connectivity index (χ0v) is 17.1. The molecule has 2 saturated carbocycles. The third-order valence-electron chi connectivity index (χ3n) is 6.49. The van der Waals surface area contributed by atoms with Gasteiger partial charge < -0.3 is 10.1 Å². The summed E-state index contributed by atoms with van der Waals surface area (Å²) in [5.74, 6) is 1.07. The first kappa shape index (κ1) is 19.0. The van der Waals surface area contributed by atoms with Gasteiger partial charge in [0.1, 0.15) is 5.75 Å². The van der Waals surface area contributed by atoms with E-state index in [9.17, 15) is 4.79 Å². The Morgan fingerprint density at radius 1 is 1.00 bits per heavy atom. The van der Waals surface area contributed by atoms with Gasteiger partial charge in [-0.2, -0.15) is 0 Å². The van der Waals surface area contributed by atoms with Crippen LogP contribution in [-0.4, -0.2) is 12.0 Å². The predicted octanol–water partition coefficient (Wildman–Crippen LogP) is 6.08. The van der Waals surface area contributed by atoms with Gasteiger partial charge in [0.05, 0.1) is 11.5 Å². The average Bonchev–Trinajstić information content (AvgIpc) is 3.36. The minimum absolute atomic E-state index is 0.125. The molecular formula is C25H31NO2. The second kappa shape index (κ2) is 7.98. The molecule has 2 fully saturated rings. The first-order chi connectivity index (χ1) is 13.6. The predicted molar refractivity (Wildman–Crippen MR) is 114 cm³/mol. The second-order valence-electron chi connectivity index (χ2n) is 8.62. The van der Waals surface area contributed by atoms with E-state index in [1.807, 2.05) is 18.2 Å². The summed E-state index contributed by atoms with van der Waals surface area (Å²) in [5, 5.41) is 3.21. The second-order valence-corrected chi connectivity index (χ2v) is 8.62. The topological polar surface area (TPSA) is 38.3 Å². The van der Waals surface area contributed by atoms with Gasteiger partial charge in [-0.05, 0) is 81.7 Å². The van der Waals surface area contributed by atoms with Crippen molar-refractivity contribution in [2.24, 2.45) is 0 Å². The average molecular weight is 378 g/mol. The highest BCUT2D eigenvalue weighted by Crippen LogP contribution is 2.42. The SMILES string of the molecule is Cc1cccc(C2(C(=O)Nc3ccc(OC4CCCC4)c(C)c3)CCCC2)c1. The van der Waals surface area contributed by atoms with Crippen LogP contribution in [0.3, 0.4) is 0 Å². The molecular weight excluding hydrogens is 346 g/mol. The summed E-state index contributed by atoms with van der Waals surface area (Å²) in [6.07, 6.45) is 9.23. The van der Waals surface area contributed by atoms with Crippen LogP contribution in [0, 0.1) is 13.8 Å². The Morgan fingerprint density at radius 3 is 2.43 bits per heavy atom. The molecule has 28 heavy (non-hydrogen) atoms. The molecule has 148 valence electrons. The summed E-state index contributed by atoms with van der Waals surface area (Å²) in [6, 6.07) is 14.5. The van der Waals surface area contributed by atoms with Crippen molar-refractivity contribution in [2.75, 3.05) is 5.32 Å². The van der Waals surface area contributed by atoms with Crippen molar-refractivity contribution in [2.45, 2.75) is 76.7 Å². The summed E-state index contributed by atoms with van der Waals surface area (Å²) in [4.78, 5) is 13.4. The van der Waals surface area contributed by atoms with Crippen LogP contribution in [0.4, 0.5) is 5.69 Å². The van der Waals surface area contributed by atoms with Gasteiger partial charge in [0.2, 0.25) is 5.91 Å². The van der Waals surface area contributed by atoms with E-state index in [1.165, 1.54) is 18.4 Å². The highest BCUT2D eigenvalue weighted by atomic mass is 16.5. The highest BCUT2D eigenvalue weighted by molar-refractivity contribution is 5.99. The van der Waals surface area contributed by atoms with Crippen molar-refractivity contribution in [3.63, 3.8) is 0 Å². The number of hydrogen-bond acceptors (Lipinski definition) is 2. The molecule has 1 amide bonds. The number of nitrogens with one attached hydrogen (secondary N) is 1. The molecule has 0 aromatic heterocycles. The molecule has 0 unspecified atom stereocenters. The number of carbonyl (C=O) groups is 1. The lowest BCUT2D eigenvalue weighted by Gasteiger charge is -2.29.